The number of piperazine rings is 1. The lowest BCUT2D eigenvalue weighted by atomic mass is 10.0. The fourth-order valence-electron chi connectivity index (χ4n) is 3.32. The van der Waals surface area contributed by atoms with Crippen LogP contribution in [-0.2, 0) is 14.3 Å². The van der Waals surface area contributed by atoms with E-state index in [1.807, 2.05) is 25.7 Å². The van der Waals surface area contributed by atoms with Gasteiger partial charge in [0.1, 0.15) is 12.1 Å². The van der Waals surface area contributed by atoms with Crippen molar-refractivity contribution in [2.24, 2.45) is 0 Å². The molecule has 2 fully saturated rings. The third-order valence-electron chi connectivity index (χ3n) is 4.40. The Morgan fingerprint density at radius 3 is 2.67 bits per heavy atom. The highest BCUT2D eigenvalue weighted by Gasteiger charge is 2.46. The van der Waals surface area contributed by atoms with Crippen molar-refractivity contribution in [3.05, 3.63) is 0 Å². The third kappa shape index (κ3) is 3.57. The second-order valence-corrected chi connectivity index (χ2v) is 6.27. The average Bonchev–Trinajstić information content (AvgIpc) is 2.93. The zero-order valence-electron chi connectivity index (χ0n) is 13.5. The Morgan fingerprint density at radius 1 is 1.24 bits per heavy atom. The van der Waals surface area contributed by atoms with E-state index in [0.717, 1.165) is 38.8 Å². The predicted octanol–water partition coefficient (Wildman–Crippen LogP) is 1.80. The van der Waals surface area contributed by atoms with E-state index < -0.39 is 0 Å². The minimum atomic E-state index is -0.252. The largest absolute Gasteiger partial charge is 0.379 e. The second-order valence-electron chi connectivity index (χ2n) is 6.27. The van der Waals surface area contributed by atoms with Crippen LogP contribution in [0.2, 0.25) is 0 Å². The number of fused-ring (bicyclic) bond motifs is 1. The van der Waals surface area contributed by atoms with Crippen molar-refractivity contribution in [2.75, 3.05) is 19.7 Å². The summed E-state index contributed by atoms with van der Waals surface area (Å²) in [5.74, 6) is 0.307. The Bertz CT molecular complexity index is 384. The molecule has 0 spiro atoms. The lowest BCUT2D eigenvalue weighted by molar-refractivity contribution is -0.159. The normalized spacial score (nSPS) is 25.9. The van der Waals surface area contributed by atoms with E-state index in [9.17, 15) is 9.59 Å². The summed E-state index contributed by atoms with van der Waals surface area (Å²) in [4.78, 5) is 28.7. The maximum Gasteiger partial charge on any atom is 0.246 e. The molecular weight excluding hydrogens is 268 g/mol. The van der Waals surface area contributed by atoms with Crippen molar-refractivity contribution in [1.82, 2.24) is 9.80 Å². The summed E-state index contributed by atoms with van der Waals surface area (Å²) in [5.41, 5.74) is 0. The SMILES string of the molecule is CCC1C(=O)N2CCCC2C(=O)N1CCCCOC(C)C. The van der Waals surface area contributed by atoms with Crippen LogP contribution < -0.4 is 0 Å². The number of ether oxygens (including phenoxy) is 1. The minimum absolute atomic E-state index is 0.151. The third-order valence-corrected chi connectivity index (χ3v) is 4.40. The standard InChI is InChI=1S/C16H28N2O3/c1-4-13-15(19)18-10-7-8-14(18)16(20)17(13)9-5-6-11-21-12(2)3/h12-14H,4-11H2,1-3H3. The molecular formula is C16H28N2O3. The van der Waals surface area contributed by atoms with Gasteiger partial charge in [0.2, 0.25) is 11.8 Å². The van der Waals surface area contributed by atoms with Gasteiger partial charge in [0.15, 0.2) is 0 Å². The van der Waals surface area contributed by atoms with Crippen LogP contribution in [0.3, 0.4) is 0 Å². The second kappa shape index (κ2) is 7.25. The van der Waals surface area contributed by atoms with Crippen molar-refractivity contribution >= 4 is 11.8 Å². The number of rotatable bonds is 7. The molecule has 2 rings (SSSR count). The molecule has 2 aliphatic rings. The van der Waals surface area contributed by atoms with Gasteiger partial charge in [0, 0.05) is 19.7 Å². The van der Waals surface area contributed by atoms with Crippen LogP contribution >= 0.6 is 0 Å². The maximum atomic E-state index is 12.6. The first-order chi connectivity index (χ1) is 10.1. The minimum Gasteiger partial charge on any atom is -0.379 e. The lowest BCUT2D eigenvalue weighted by Crippen LogP contribution is -2.62. The quantitative estimate of drug-likeness (QED) is 0.673. The van der Waals surface area contributed by atoms with Crippen LogP contribution in [-0.4, -0.2) is 59.5 Å². The number of unbranched alkanes of at least 4 members (excludes halogenated alkanes) is 1. The molecule has 2 amide bonds. The van der Waals surface area contributed by atoms with E-state index >= 15 is 0 Å². The number of hydrogen-bond acceptors (Lipinski definition) is 3. The highest BCUT2D eigenvalue weighted by Crippen LogP contribution is 2.28. The van der Waals surface area contributed by atoms with Gasteiger partial charge in [-0.05, 0) is 46.0 Å². The van der Waals surface area contributed by atoms with Crippen molar-refractivity contribution in [2.45, 2.75) is 71.1 Å². The number of amides is 2. The van der Waals surface area contributed by atoms with Crippen LogP contribution in [0, 0.1) is 0 Å². The molecule has 0 aromatic rings. The number of carbonyl (C=O) groups excluding carboxylic acids is 2. The van der Waals surface area contributed by atoms with Crippen molar-refractivity contribution in [1.29, 1.82) is 0 Å². The van der Waals surface area contributed by atoms with Crippen molar-refractivity contribution in [3.8, 4) is 0 Å². The monoisotopic (exact) mass is 296 g/mol. The fraction of sp³-hybridized carbons (Fsp3) is 0.875. The molecule has 5 nitrogen and oxygen atoms in total. The molecule has 0 bridgehead atoms. The number of carbonyl (C=O) groups is 2. The molecule has 2 heterocycles. The maximum absolute atomic E-state index is 12.6. The van der Waals surface area contributed by atoms with Gasteiger partial charge in [-0.15, -0.1) is 0 Å². The Morgan fingerprint density at radius 2 is 2.00 bits per heavy atom. The zero-order chi connectivity index (χ0) is 15.4. The van der Waals surface area contributed by atoms with Gasteiger partial charge >= 0.3 is 0 Å². The summed E-state index contributed by atoms with van der Waals surface area (Å²) in [6.07, 6.45) is 4.56. The van der Waals surface area contributed by atoms with Crippen molar-refractivity contribution < 1.29 is 14.3 Å². The zero-order valence-corrected chi connectivity index (χ0v) is 13.5. The predicted molar refractivity (Wildman–Crippen MR) is 80.8 cm³/mol. The Labute approximate surface area is 127 Å². The molecule has 0 radical (unpaired) electrons. The number of nitrogens with zero attached hydrogens (tertiary/aromatic N) is 2. The van der Waals surface area contributed by atoms with Gasteiger partial charge < -0.3 is 14.5 Å². The average molecular weight is 296 g/mol. The first kappa shape index (κ1) is 16.3. The molecule has 2 saturated heterocycles. The molecule has 0 aromatic carbocycles. The molecule has 0 saturated carbocycles. The molecule has 0 aliphatic carbocycles. The summed E-state index contributed by atoms with van der Waals surface area (Å²) in [7, 11) is 0. The summed E-state index contributed by atoms with van der Waals surface area (Å²) in [6.45, 7) is 8.18. The van der Waals surface area contributed by atoms with Gasteiger partial charge in [0.05, 0.1) is 6.10 Å². The van der Waals surface area contributed by atoms with E-state index in [0.29, 0.717) is 13.0 Å². The molecule has 2 aliphatic heterocycles. The van der Waals surface area contributed by atoms with E-state index in [2.05, 4.69) is 0 Å². The van der Waals surface area contributed by atoms with Crippen LogP contribution in [0.5, 0.6) is 0 Å². The van der Waals surface area contributed by atoms with Gasteiger partial charge in [-0.1, -0.05) is 6.92 Å². The van der Waals surface area contributed by atoms with Crippen LogP contribution in [0.15, 0.2) is 0 Å². The molecule has 5 heteroatoms. The van der Waals surface area contributed by atoms with Gasteiger partial charge in [-0.2, -0.15) is 0 Å². The van der Waals surface area contributed by atoms with E-state index in [1.165, 1.54) is 0 Å². The first-order valence-electron chi connectivity index (χ1n) is 8.28. The Hall–Kier alpha value is -1.10. The molecule has 21 heavy (non-hydrogen) atoms. The highest BCUT2D eigenvalue weighted by molar-refractivity contribution is 5.97. The van der Waals surface area contributed by atoms with Crippen molar-refractivity contribution in [3.63, 3.8) is 0 Å². The highest BCUT2D eigenvalue weighted by atomic mass is 16.5. The Balaban J connectivity index is 1.90. The lowest BCUT2D eigenvalue weighted by Gasteiger charge is -2.42. The van der Waals surface area contributed by atoms with Gasteiger partial charge in [0.25, 0.3) is 0 Å². The molecule has 0 aromatic heterocycles. The van der Waals surface area contributed by atoms with E-state index in [-0.39, 0.29) is 30.0 Å². The van der Waals surface area contributed by atoms with E-state index in [4.69, 9.17) is 4.74 Å². The van der Waals surface area contributed by atoms with Crippen LogP contribution in [0.1, 0.15) is 52.9 Å². The summed E-state index contributed by atoms with van der Waals surface area (Å²) >= 11 is 0. The summed E-state index contributed by atoms with van der Waals surface area (Å²) < 4.78 is 5.52. The topological polar surface area (TPSA) is 49.9 Å². The van der Waals surface area contributed by atoms with E-state index in [1.54, 1.807) is 4.90 Å². The molecule has 2 unspecified atom stereocenters. The number of hydrogen-bond donors (Lipinski definition) is 0. The van der Waals surface area contributed by atoms with Crippen LogP contribution in [0.4, 0.5) is 0 Å². The summed E-state index contributed by atoms with van der Waals surface area (Å²) in [6, 6.07) is -0.440. The van der Waals surface area contributed by atoms with Gasteiger partial charge in [-0.25, -0.2) is 0 Å². The molecule has 0 N–H and O–H groups in total. The first-order valence-corrected chi connectivity index (χ1v) is 8.28. The Kier molecular flexibility index (Phi) is 5.62. The fourth-order valence-corrected chi connectivity index (χ4v) is 3.32. The summed E-state index contributed by atoms with van der Waals surface area (Å²) in [5, 5.41) is 0. The molecule has 120 valence electrons. The van der Waals surface area contributed by atoms with Crippen LogP contribution in [0.25, 0.3) is 0 Å². The van der Waals surface area contributed by atoms with Gasteiger partial charge in [-0.3, -0.25) is 9.59 Å². The smallest absolute Gasteiger partial charge is 0.246 e. The molecule has 2 atom stereocenters.